The quantitative estimate of drug-likeness (QED) is 0.811. The molecule has 1 unspecified atom stereocenters. The van der Waals surface area contributed by atoms with Crippen LogP contribution in [0.25, 0.3) is 0 Å². The molecule has 0 aromatic heterocycles. The number of hydrogen-bond acceptors (Lipinski definition) is 3. The Bertz CT molecular complexity index is 276. The summed E-state index contributed by atoms with van der Waals surface area (Å²) in [6.45, 7) is 3.71. The molecule has 1 atom stereocenters. The first-order chi connectivity index (χ1) is 8.74. The van der Waals surface area contributed by atoms with Crippen molar-refractivity contribution >= 4 is 5.91 Å². The molecule has 2 aliphatic rings. The van der Waals surface area contributed by atoms with Crippen LogP contribution in [0.15, 0.2) is 0 Å². The fourth-order valence-electron chi connectivity index (χ4n) is 3.10. The third-order valence-electron chi connectivity index (χ3n) is 4.22. The second kappa shape index (κ2) is 6.53. The van der Waals surface area contributed by atoms with E-state index in [0.29, 0.717) is 18.4 Å². The predicted molar refractivity (Wildman–Crippen MR) is 69.2 cm³/mol. The molecule has 1 aliphatic heterocycles. The molecule has 0 spiro atoms. The van der Waals surface area contributed by atoms with E-state index in [-0.39, 0.29) is 18.6 Å². The first kappa shape index (κ1) is 13.8. The van der Waals surface area contributed by atoms with Crippen LogP contribution >= 0.6 is 0 Å². The number of aliphatic hydroxyl groups excluding tert-OH is 1. The third-order valence-corrected chi connectivity index (χ3v) is 4.22. The minimum absolute atomic E-state index is 0.0639. The molecule has 1 aliphatic carbocycles. The van der Waals surface area contributed by atoms with Crippen molar-refractivity contribution in [3.8, 4) is 0 Å². The largest absolute Gasteiger partial charge is 0.394 e. The SMILES string of the molecule is CCOC1CC(CC(=O)N2CCCCC2CO)C1. The molecule has 4 heteroatoms. The molecule has 2 rings (SSSR count). The molecule has 0 aromatic carbocycles. The third kappa shape index (κ3) is 3.23. The minimum atomic E-state index is 0.0639. The highest BCUT2D eigenvalue weighted by Crippen LogP contribution is 2.33. The minimum Gasteiger partial charge on any atom is -0.394 e. The van der Waals surface area contributed by atoms with E-state index in [1.807, 2.05) is 11.8 Å². The van der Waals surface area contributed by atoms with E-state index in [4.69, 9.17) is 4.74 Å². The molecule has 104 valence electrons. The highest BCUT2D eigenvalue weighted by Gasteiger charge is 2.34. The molecular weight excluding hydrogens is 230 g/mol. The van der Waals surface area contributed by atoms with E-state index in [1.165, 1.54) is 0 Å². The second-order valence-electron chi connectivity index (χ2n) is 5.54. The van der Waals surface area contributed by atoms with Crippen molar-refractivity contribution in [3.05, 3.63) is 0 Å². The van der Waals surface area contributed by atoms with Gasteiger partial charge in [0.2, 0.25) is 5.91 Å². The lowest BCUT2D eigenvalue weighted by Crippen LogP contribution is -2.47. The maximum Gasteiger partial charge on any atom is 0.223 e. The average molecular weight is 255 g/mol. The van der Waals surface area contributed by atoms with Crippen molar-refractivity contribution in [2.75, 3.05) is 19.8 Å². The summed E-state index contributed by atoms with van der Waals surface area (Å²) in [5.74, 6) is 0.726. The number of likely N-dealkylation sites (tertiary alicyclic amines) is 1. The maximum atomic E-state index is 12.2. The lowest BCUT2D eigenvalue weighted by molar-refractivity contribution is -0.139. The van der Waals surface area contributed by atoms with E-state index in [1.54, 1.807) is 0 Å². The van der Waals surface area contributed by atoms with E-state index in [9.17, 15) is 9.90 Å². The number of nitrogens with zero attached hydrogens (tertiary/aromatic N) is 1. The molecule has 1 saturated carbocycles. The van der Waals surface area contributed by atoms with Gasteiger partial charge in [0, 0.05) is 19.6 Å². The van der Waals surface area contributed by atoms with Crippen LogP contribution in [-0.2, 0) is 9.53 Å². The fraction of sp³-hybridized carbons (Fsp3) is 0.929. The van der Waals surface area contributed by atoms with Crippen LogP contribution in [0.3, 0.4) is 0 Å². The van der Waals surface area contributed by atoms with Crippen LogP contribution in [0.5, 0.6) is 0 Å². The number of carbonyl (C=O) groups excluding carboxylic acids is 1. The molecule has 1 amide bonds. The number of carbonyl (C=O) groups is 1. The lowest BCUT2D eigenvalue weighted by atomic mass is 9.79. The highest BCUT2D eigenvalue weighted by atomic mass is 16.5. The zero-order valence-corrected chi connectivity index (χ0v) is 11.3. The van der Waals surface area contributed by atoms with Crippen molar-refractivity contribution in [3.63, 3.8) is 0 Å². The number of rotatable bonds is 5. The van der Waals surface area contributed by atoms with Crippen LogP contribution in [-0.4, -0.2) is 47.8 Å². The normalized spacial score (nSPS) is 32.1. The van der Waals surface area contributed by atoms with Crippen molar-refractivity contribution in [1.82, 2.24) is 4.90 Å². The molecule has 1 N–H and O–H groups in total. The van der Waals surface area contributed by atoms with Crippen LogP contribution in [0, 0.1) is 5.92 Å². The predicted octanol–water partition coefficient (Wildman–Crippen LogP) is 1.56. The number of aliphatic hydroxyl groups is 1. The Balaban J connectivity index is 1.74. The van der Waals surface area contributed by atoms with Gasteiger partial charge in [-0.1, -0.05) is 0 Å². The Labute approximate surface area is 109 Å². The highest BCUT2D eigenvalue weighted by molar-refractivity contribution is 5.77. The molecule has 0 aromatic rings. The fourth-order valence-corrected chi connectivity index (χ4v) is 3.10. The standard InChI is InChI=1S/C14H25NO3/c1-2-18-13-7-11(8-13)9-14(17)15-6-4-3-5-12(15)10-16/h11-13,16H,2-10H2,1H3. The van der Waals surface area contributed by atoms with Crippen molar-refractivity contribution in [1.29, 1.82) is 0 Å². The van der Waals surface area contributed by atoms with E-state index in [0.717, 1.165) is 45.3 Å². The Kier molecular flexibility index (Phi) is 5.01. The van der Waals surface area contributed by atoms with Gasteiger partial charge in [-0.3, -0.25) is 4.79 Å². The summed E-state index contributed by atoms with van der Waals surface area (Å²) in [4.78, 5) is 14.1. The van der Waals surface area contributed by atoms with Gasteiger partial charge in [0.1, 0.15) is 0 Å². The molecular formula is C14H25NO3. The van der Waals surface area contributed by atoms with Gasteiger partial charge in [-0.15, -0.1) is 0 Å². The molecule has 0 bridgehead atoms. The number of amides is 1. The Morgan fingerprint density at radius 1 is 1.39 bits per heavy atom. The Morgan fingerprint density at radius 3 is 2.83 bits per heavy atom. The number of piperidine rings is 1. The molecule has 0 radical (unpaired) electrons. The summed E-state index contributed by atoms with van der Waals surface area (Å²) >= 11 is 0. The van der Waals surface area contributed by atoms with Crippen LogP contribution in [0.2, 0.25) is 0 Å². The molecule has 4 nitrogen and oxygen atoms in total. The Morgan fingerprint density at radius 2 is 2.17 bits per heavy atom. The summed E-state index contributed by atoms with van der Waals surface area (Å²) in [5, 5.41) is 9.31. The van der Waals surface area contributed by atoms with Gasteiger partial charge in [0.05, 0.1) is 18.8 Å². The topological polar surface area (TPSA) is 49.8 Å². The summed E-state index contributed by atoms with van der Waals surface area (Å²) in [5.41, 5.74) is 0. The van der Waals surface area contributed by atoms with Gasteiger partial charge >= 0.3 is 0 Å². The van der Waals surface area contributed by atoms with Crippen LogP contribution < -0.4 is 0 Å². The first-order valence-electron chi connectivity index (χ1n) is 7.26. The average Bonchev–Trinajstić information content (AvgIpc) is 2.36. The molecule has 2 fully saturated rings. The van der Waals surface area contributed by atoms with Crippen LogP contribution in [0.4, 0.5) is 0 Å². The van der Waals surface area contributed by atoms with Gasteiger partial charge in [-0.2, -0.15) is 0 Å². The van der Waals surface area contributed by atoms with Gasteiger partial charge < -0.3 is 14.7 Å². The number of hydrogen-bond donors (Lipinski definition) is 1. The second-order valence-corrected chi connectivity index (χ2v) is 5.54. The van der Waals surface area contributed by atoms with Gasteiger partial charge in [0.15, 0.2) is 0 Å². The Hall–Kier alpha value is -0.610. The van der Waals surface area contributed by atoms with E-state index < -0.39 is 0 Å². The molecule has 1 saturated heterocycles. The first-order valence-corrected chi connectivity index (χ1v) is 7.26. The van der Waals surface area contributed by atoms with E-state index >= 15 is 0 Å². The van der Waals surface area contributed by atoms with Crippen molar-refractivity contribution in [2.24, 2.45) is 5.92 Å². The van der Waals surface area contributed by atoms with Crippen molar-refractivity contribution < 1.29 is 14.6 Å². The lowest BCUT2D eigenvalue weighted by Gasteiger charge is -2.39. The molecule has 1 heterocycles. The van der Waals surface area contributed by atoms with Gasteiger partial charge in [0.25, 0.3) is 0 Å². The summed E-state index contributed by atoms with van der Waals surface area (Å²) in [6, 6.07) is 0.0639. The smallest absolute Gasteiger partial charge is 0.223 e. The zero-order valence-electron chi connectivity index (χ0n) is 11.3. The van der Waals surface area contributed by atoms with Gasteiger partial charge in [-0.05, 0) is 44.9 Å². The van der Waals surface area contributed by atoms with Crippen LogP contribution in [0.1, 0.15) is 45.4 Å². The van der Waals surface area contributed by atoms with E-state index in [2.05, 4.69) is 0 Å². The number of ether oxygens (including phenoxy) is 1. The van der Waals surface area contributed by atoms with Crippen molar-refractivity contribution in [2.45, 2.75) is 57.6 Å². The molecule has 18 heavy (non-hydrogen) atoms. The monoisotopic (exact) mass is 255 g/mol. The zero-order chi connectivity index (χ0) is 13.0. The summed E-state index contributed by atoms with van der Waals surface area (Å²) in [6.07, 6.45) is 6.23. The summed E-state index contributed by atoms with van der Waals surface area (Å²) < 4.78 is 5.51. The summed E-state index contributed by atoms with van der Waals surface area (Å²) in [7, 11) is 0. The van der Waals surface area contributed by atoms with Gasteiger partial charge in [-0.25, -0.2) is 0 Å². The maximum absolute atomic E-state index is 12.2.